The highest BCUT2D eigenvalue weighted by Gasteiger charge is 2.10. The van der Waals surface area contributed by atoms with E-state index < -0.39 is 5.82 Å². The summed E-state index contributed by atoms with van der Waals surface area (Å²) in [5, 5.41) is 3.91. The molecule has 1 atom stereocenters. The number of hydrogen-bond acceptors (Lipinski definition) is 4. The van der Waals surface area contributed by atoms with Gasteiger partial charge in [0.05, 0.1) is 10.7 Å². The van der Waals surface area contributed by atoms with Crippen molar-refractivity contribution in [3.8, 4) is 11.3 Å². The maximum atomic E-state index is 13.3. The topological polar surface area (TPSA) is 63.8 Å². The minimum Gasteiger partial charge on any atom is -0.368 e. The highest BCUT2D eigenvalue weighted by Crippen LogP contribution is 2.25. The summed E-state index contributed by atoms with van der Waals surface area (Å²) < 4.78 is 13.3. The van der Waals surface area contributed by atoms with Crippen LogP contribution in [0, 0.1) is 12.7 Å². The number of halogens is 3. The van der Waals surface area contributed by atoms with Gasteiger partial charge in [0, 0.05) is 29.2 Å². The zero-order valence-corrected chi connectivity index (χ0v) is 15.5. The Bertz CT molecular complexity index is 933. The number of aryl methyl sites for hydroxylation is 1. The van der Waals surface area contributed by atoms with Gasteiger partial charge in [-0.15, -0.1) is 0 Å². The largest absolute Gasteiger partial charge is 0.368 e. The van der Waals surface area contributed by atoms with Gasteiger partial charge in [-0.25, -0.2) is 14.4 Å². The Hall–Kier alpha value is -2.21. The van der Waals surface area contributed by atoms with Crippen LogP contribution in [0.25, 0.3) is 11.3 Å². The van der Waals surface area contributed by atoms with E-state index in [2.05, 4.69) is 15.3 Å². The van der Waals surface area contributed by atoms with Crippen molar-refractivity contribution in [2.45, 2.75) is 13.0 Å². The third-order valence-corrected chi connectivity index (χ3v) is 4.71. The van der Waals surface area contributed by atoms with E-state index >= 15 is 0 Å². The number of nitrogens with one attached hydrogen (secondary N) is 1. The van der Waals surface area contributed by atoms with Crippen molar-refractivity contribution in [2.24, 2.45) is 5.73 Å². The van der Waals surface area contributed by atoms with Crippen molar-refractivity contribution in [1.82, 2.24) is 9.97 Å². The Morgan fingerprint density at radius 3 is 2.62 bits per heavy atom. The molecule has 7 heteroatoms. The number of benzene rings is 2. The van der Waals surface area contributed by atoms with E-state index in [1.165, 1.54) is 18.5 Å². The Labute approximate surface area is 161 Å². The molecule has 0 aliphatic carbocycles. The first-order chi connectivity index (χ1) is 12.4. The predicted molar refractivity (Wildman–Crippen MR) is 104 cm³/mol. The van der Waals surface area contributed by atoms with Crippen LogP contribution < -0.4 is 11.1 Å². The number of nitrogens with zero attached hydrogens (tertiary/aromatic N) is 2. The highest BCUT2D eigenvalue weighted by atomic mass is 35.5. The standard InChI is InChI=1S/C19H17Cl2FN4/c1-11-2-3-13(7-14(11)20)18-8-19(26-10-25-18)24-9-17(23)12-4-5-16(22)15(21)6-12/h2-8,10,17H,9,23H2,1H3,(H,24,25,26)/t17-/m0/s1. The van der Waals surface area contributed by atoms with Crippen LogP contribution in [0.3, 0.4) is 0 Å². The highest BCUT2D eigenvalue weighted by molar-refractivity contribution is 6.31. The van der Waals surface area contributed by atoms with Gasteiger partial charge in [0.15, 0.2) is 0 Å². The lowest BCUT2D eigenvalue weighted by molar-refractivity contribution is 0.626. The molecule has 0 bridgehead atoms. The molecule has 0 saturated carbocycles. The zero-order valence-electron chi connectivity index (χ0n) is 14.0. The molecule has 3 N–H and O–H groups in total. The fraction of sp³-hybridized carbons (Fsp3) is 0.158. The summed E-state index contributed by atoms with van der Waals surface area (Å²) in [6, 6.07) is 11.7. The summed E-state index contributed by atoms with van der Waals surface area (Å²) in [7, 11) is 0. The molecule has 0 spiro atoms. The second-order valence-corrected chi connectivity index (χ2v) is 6.73. The normalized spacial score (nSPS) is 12.0. The fourth-order valence-electron chi connectivity index (χ4n) is 2.44. The third-order valence-electron chi connectivity index (χ3n) is 4.01. The van der Waals surface area contributed by atoms with Crippen molar-refractivity contribution in [3.63, 3.8) is 0 Å². The van der Waals surface area contributed by atoms with Crippen molar-refractivity contribution in [2.75, 3.05) is 11.9 Å². The summed E-state index contributed by atoms with van der Waals surface area (Å²) in [5.74, 6) is 0.170. The van der Waals surface area contributed by atoms with Gasteiger partial charge in [-0.2, -0.15) is 0 Å². The molecule has 0 radical (unpaired) electrons. The summed E-state index contributed by atoms with van der Waals surface area (Å²) in [6.45, 7) is 2.36. The summed E-state index contributed by atoms with van der Waals surface area (Å²) in [5.41, 5.74) is 9.54. The first kappa shape index (κ1) is 18.6. The molecule has 0 amide bonds. The van der Waals surface area contributed by atoms with Crippen molar-refractivity contribution < 1.29 is 4.39 Å². The van der Waals surface area contributed by atoms with E-state index in [-0.39, 0.29) is 11.1 Å². The lowest BCUT2D eigenvalue weighted by Crippen LogP contribution is -2.21. The molecule has 4 nitrogen and oxygen atoms in total. The molecular formula is C19H17Cl2FN4. The number of rotatable bonds is 5. The van der Waals surface area contributed by atoms with Crippen LogP contribution in [0.4, 0.5) is 10.2 Å². The van der Waals surface area contributed by atoms with Crippen LogP contribution in [-0.2, 0) is 0 Å². The first-order valence-electron chi connectivity index (χ1n) is 7.97. The maximum Gasteiger partial charge on any atom is 0.141 e. The van der Waals surface area contributed by atoms with Gasteiger partial charge in [-0.3, -0.25) is 0 Å². The zero-order chi connectivity index (χ0) is 18.7. The van der Waals surface area contributed by atoms with E-state index in [4.69, 9.17) is 28.9 Å². The first-order valence-corrected chi connectivity index (χ1v) is 8.72. The lowest BCUT2D eigenvalue weighted by atomic mass is 10.1. The van der Waals surface area contributed by atoms with E-state index in [9.17, 15) is 4.39 Å². The molecule has 1 aromatic heterocycles. The van der Waals surface area contributed by atoms with Crippen LogP contribution >= 0.6 is 23.2 Å². The molecule has 3 rings (SSSR count). The monoisotopic (exact) mass is 390 g/mol. The van der Waals surface area contributed by atoms with Crippen molar-refractivity contribution in [1.29, 1.82) is 0 Å². The van der Waals surface area contributed by atoms with Crippen LogP contribution in [0.5, 0.6) is 0 Å². The van der Waals surface area contributed by atoms with E-state index in [1.54, 1.807) is 6.07 Å². The summed E-state index contributed by atoms with van der Waals surface area (Å²) in [6.07, 6.45) is 1.48. The fourth-order valence-corrected chi connectivity index (χ4v) is 2.81. The van der Waals surface area contributed by atoms with Crippen LogP contribution in [0.1, 0.15) is 17.2 Å². The van der Waals surface area contributed by atoms with Gasteiger partial charge in [0.25, 0.3) is 0 Å². The number of nitrogens with two attached hydrogens (primary N) is 1. The molecule has 26 heavy (non-hydrogen) atoms. The van der Waals surface area contributed by atoms with Crippen LogP contribution in [0.2, 0.25) is 10.0 Å². The van der Waals surface area contributed by atoms with Gasteiger partial charge in [-0.1, -0.05) is 41.4 Å². The van der Waals surface area contributed by atoms with E-state index in [1.807, 2.05) is 31.2 Å². The van der Waals surface area contributed by atoms with Gasteiger partial charge in [0.1, 0.15) is 18.0 Å². The molecule has 0 unspecified atom stereocenters. The smallest absolute Gasteiger partial charge is 0.141 e. The Morgan fingerprint density at radius 1 is 1.08 bits per heavy atom. The second kappa shape index (κ2) is 7.99. The number of hydrogen-bond donors (Lipinski definition) is 2. The van der Waals surface area contributed by atoms with Gasteiger partial charge < -0.3 is 11.1 Å². The summed E-state index contributed by atoms with van der Waals surface area (Å²) in [4.78, 5) is 8.49. The molecule has 0 aliphatic rings. The predicted octanol–water partition coefficient (Wildman–Crippen LogP) is 5.01. The molecule has 3 aromatic rings. The second-order valence-electron chi connectivity index (χ2n) is 5.91. The molecule has 0 saturated heterocycles. The molecule has 0 fully saturated rings. The molecule has 1 heterocycles. The quantitative estimate of drug-likeness (QED) is 0.642. The third kappa shape index (κ3) is 4.30. The Kier molecular flexibility index (Phi) is 5.71. The van der Waals surface area contributed by atoms with Crippen molar-refractivity contribution in [3.05, 3.63) is 75.8 Å². The number of aromatic nitrogens is 2. The summed E-state index contributed by atoms with van der Waals surface area (Å²) >= 11 is 12.0. The SMILES string of the molecule is Cc1ccc(-c2cc(NC[C@H](N)c3ccc(F)c(Cl)c3)ncn2)cc1Cl. The maximum absolute atomic E-state index is 13.3. The van der Waals surface area contributed by atoms with Gasteiger partial charge >= 0.3 is 0 Å². The van der Waals surface area contributed by atoms with E-state index in [0.29, 0.717) is 17.4 Å². The molecule has 2 aromatic carbocycles. The minimum atomic E-state index is -0.465. The average Bonchev–Trinajstić information content (AvgIpc) is 2.64. The van der Waals surface area contributed by atoms with Gasteiger partial charge in [0.2, 0.25) is 0 Å². The van der Waals surface area contributed by atoms with Crippen LogP contribution in [0.15, 0.2) is 48.8 Å². The molecular weight excluding hydrogens is 374 g/mol. The Morgan fingerprint density at radius 2 is 1.88 bits per heavy atom. The van der Waals surface area contributed by atoms with Crippen LogP contribution in [-0.4, -0.2) is 16.5 Å². The molecule has 0 aliphatic heterocycles. The van der Waals surface area contributed by atoms with E-state index in [0.717, 1.165) is 22.4 Å². The van der Waals surface area contributed by atoms with Crippen molar-refractivity contribution >= 4 is 29.0 Å². The Balaban J connectivity index is 1.72. The van der Waals surface area contributed by atoms with Gasteiger partial charge in [-0.05, 0) is 36.2 Å². The molecule has 134 valence electrons. The average molecular weight is 391 g/mol. The number of anilines is 1. The lowest BCUT2D eigenvalue weighted by Gasteiger charge is -2.14. The minimum absolute atomic E-state index is 0.0542.